The third-order valence-electron chi connectivity index (χ3n) is 12.0. The summed E-state index contributed by atoms with van der Waals surface area (Å²) in [5.41, 5.74) is 17.1. The summed E-state index contributed by atoms with van der Waals surface area (Å²) in [5, 5.41) is 8.53. The van der Waals surface area contributed by atoms with E-state index in [2.05, 4.69) is 212 Å². The molecule has 1 aromatic heterocycles. The van der Waals surface area contributed by atoms with Gasteiger partial charge in [0.05, 0.1) is 0 Å². The summed E-state index contributed by atoms with van der Waals surface area (Å²) in [6.07, 6.45) is 0. The molecule has 10 aromatic rings. The largest absolute Gasteiger partial charge is 0.456 e. The first kappa shape index (κ1) is 33.9. The van der Waals surface area contributed by atoms with Crippen LogP contribution in [0.3, 0.4) is 0 Å². The quantitative estimate of drug-likeness (QED) is 0.176. The molecular weight excluding hydrogens is 705 g/mol. The lowest BCUT2D eigenvalue weighted by Crippen LogP contribution is -2.16. The van der Waals surface area contributed by atoms with Crippen LogP contribution in [-0.4, -0.2) is 0 Å². The minimum absolute atomic E-state index is 0.124. The van der Waals surface area contributed by atoms with Gasteiger partial charge < -0.3 is 14.6 Å². The zero-order valence-electron chi connectivity index (χ0n) is 32.4. The van der Waals surface area contributed by atoms with E-state index >= 15 is 0 Å². The maximum absolute atomic E-state index is 6.28. The third-order valence-corrected chi connectivity index (χ3v) is 12.0. The van der Waals surface area contributed by atoms with Crippen LogP contribution < -0.4 is 10.2 Å². The Morgan fingerprint density at radius 1 is 0.414 bits per heavy atom. The predicted molar refractivity (Wildman–Crippen MR) is 244 cm³/mol. The monoisotopic (exact) mass is 744 g/mol. The molecule has 0 bridgehead atoms. The second kappa shape index (κ2) is 13.4. The number of nitrogens with zero attached hydrogens (tertiary/aromatic N) is 1. The van der Waals surface area contributed by atoms with Crippen LogP contribution in [0.1, 0.15) is 25.0 Å². The summed E-state index contributed by atoms with van der Waals surface area (Å²) in [4.78, 5) is 2.37. The Morgan fingerprint density at radius 3 is 1.78 bits per heavy atom. The number of hydrogen-bond donors (Lipinski definition) is 1. The number of hydrogen-bond acceptors (Lipinski definition) is 3. The summed E-state index contributed by atoms with van der Waals surface area (Å²) >= 11 is 0. The molecule has 3 heteroatoms. The van der Waals surface area contributed by atoms with E-state index in [0.29, 0.717) is 0 Å². The van der Waals surface area contributed by atoms with E-state index in [4.69, 9.17) is 4.42 Å². The smallest absolute Gasteiger partial charge is 0.136 e. The van der Waals surface area contributed by atoms with Crippen molar-refractivity contribution in [2.45, 2.75) is 19.3 Å². The lowest BCUT2D eigenvalue weighted by atomic mass is 9.81. The fourth-order valence-electron chi connectivity index (χ4n) is 9.01. The van der Waals surface area contributed by atoms with Gasteiger partial charge in [-0.25, -0.2) is 0 Å². The molecule has 0 radical (unpaired) electrons. The van der Waals surface area contributed by atoms with E-state index in [1.54, 1.807) is 0 Å². The van der Waals surface area contributed by atoms with Gasteiger partial charge >= 0.3 is 0 Å². The lowest BCUT2D eigenvalue weighted by molar-refractivity contribution is 0.661. The summed E-state index contributed by atoms with van der Waals surface area (Å²) in [5.74, 6) is 0. The molecule has 0 fully saturated rings. The van der Waals surface area contributed by atoms with Crippen molar-refractivity contribution in [2.75, 3.05) is 10.2 Å². The molecule has 1 aliphatic carbocycles. The van der Waals surface area contributed by atoms with Crippen LogP contribution in [0.15, 0.2) is 205 Å². The number of nitrogens with one attached hydrogen (secondary N) is 1. The van der Waals surface area contributed by atoms with E-state index in [-0.39, 0.29) is 5.41 Å². The van der Waals surface area contributed by atoms with Gasteiger partial charge in [-0.15, -0.1) is 0 Å². The molecule has 0 aliphatic heterocycles. The number of furan rings is 1. The molecule has 0 atom stereocenters. The van der Waals surface area contributed by atoms with Gasteiger partial charge in [0.15, 0.2) is 0 Å². The van der Waals surface area contributed by atoms with Crippen molar-refractivity contribution in [3.8, 4) is 33.4 Å². The number of benzene rings is 9. The van der Waals surface area contributed by atoms with Gasteiger partial charge in [-0.2, -0.15) is 0 Å². The SMILES string of the molecule is CC1(C)c2cc(N(c3ccccc3)c3ccc(-c4ccc(Nc5cc6c(cc5-c5ccccc5)oc5ccccc56)cc4)cc3)ccc2-c2cc3ccccc3cc21. The summed E-state index contributed by atoms with van der Waals surface area (Å²) in [6, 6.07) is 71.9. The summed E-state index contributed by atoms with van der Waals surface area (Å²) < 4.78 is 6.28. The molecule has 0 saturated heterocycles. The second-order valence-corrected chi connectivity index (χ2v) is 15.9. The first-order valence-corrected chi connectivity index (χ1v) is 20.0. The normalized spacial score (nSPS) is 12.8. The van der Waals surface area contributed by atoms with Crippen LogP contribution in [0.4, 0.5) is 28.4 Å². The second-order valence-electron chi connectivity index (χ2n) is 15.9. The van der Waals surface area contributed by atoms with Crippen LogP contribution in [0.2, 0.25) is 0 Å². The molecule has 1 heterocycles. The Labute approximate surface area is 338 Å². The summed E-state index contributed by atoms with van der Waals surface area (Å²) in [7, 11) is 0. The highest BCUT2D eigenvalue weighted by Crippen LogP contribution is 2.52. The highest BCUT2D eigenvalue weighted by atomic mass is 16.3. The lowest BCUT2D eigenvalue weighted by Gasteiger charge is -2.28. The standard InChI is InChI=1S/C55H40N2O/c1-55(2)50-32-40-16-10-9-15-39(40)31-48(50)45-30-29-44(33-51(45)55)57(42-17-7-4-8-18-42)43-27-23-37(24-28-43)36-21-25-41(26-22-36)56-52-34-49-46-19-11-12-20-53(46)58-54(49)35-47(52)38-13-5-3-6-14-38/h3-35,56H,1-2H3. The van der Waals surface area contributed by atoms with Gasteiger partial charge in [0.2, 0.25) is 0 Å². The Hall–Kier alpha value is -7.36. The Kier molecular flexibility index (Phi) is 7.84. The molecule has 1 N–H and O–H groups in total. The average Bonchev–Trinajstić information content (AvgIpc) is 3.74. The average molecular weight is 745 g/mol. The number of anilines is 5. The first-order chi connectivity index (χ1) is 28.5. The van der Waals surface area contributed by atoms with Crippen LogP contribution in [-0.2, 0) is 5.41 Å². The molecule has 11 rings (SSSR count). The van der Waals surface area contributed by atoms with E-state index < -0.39 is 0 Å². The van der Waals surface area contributed by atoms with Gasteiger partial charge in [-0.05, 0) is 129 Å². The highest BCUT2D eigenvalue weighted by molar-refractivity contribution is 6.08. The summed E-state index contributed by atoms with van der Waals surface area (Å²) in [6.45, 7) is 4.72. The number of fused-ring (bicyclic) bond motifs is 7. The topological polar surface area (TPSA) is 28.4 Å². The molecule has 0 spiro atoms. The fourth-order valence-corrected chi connectivity index (χ4v) is 9.01. The van der Waals surface area contributed by atoms with E-state index in [1.807, 2.05) is 12.1 Å². The van der Waals surface area contributed by atoms with Crippen LogP contribution in [0.25, 0.3) is 66.1 Å². The molecule has 1 aliphatic rings. The van der Waals surface area contributed by atoms with Crippen molar-refractivity contribution < 1.29 is 4.42 Å². The Morgan fingerprint density at radius 2 is 1.02 bits per heavy atom. The molecule has 0 unspecified atom stereocenters. The Bertz CT molecular complexity index is 3140. The molecule has 9 aromatic carbocycles. The fraction of sp³-hybridized carbons (Fsp3) is 0.0545. The van der Waals surface area contributed by atoms with Crippen molar-refractivity contribution in [3.05, 3.63) is 211 Å². The van der Waals surface area contributed by atoms with Gasteiger partial charge in [0.1, 0.15) is 11.2 Å². The van der Waals surface area contributed by atoms with Crippen molar-refractivity contribution in [3.63, 3.8) is 0 Å². The zero-order valence-corrected chi connectivity index (χ0v) is 32.4. The molecular formula is C55H40N2O. The maximum Gasteiger partial charge on any atom is 0.136 e. The molecule has 0 saturated carbocycles. The maximum atomic E-state index is 6.28. The zero-order chi connectivity index (χ0) is 38.8. The van der Waals surface area contributed by atoms with Crippen LogP contribution in [0.5, 0.6) is 0 Å². The highest BCUT2D eigenvalue weighted by Gasteiger charge is 2.36. The molecule has 0 amide bonds. The molecule has 58 heavy (non-hydrogen) atoms. The van der Waals surface area contributed by atoms with E-state index in [0.717, 1.165) is 72.6 Å². The van der Waals surface area contributed by atoms with E-state index in [1.165, 1.54) is 33.0 Å². The predicted octanol–water partition coefficient (Wildman–Crippen LogP) is 15.6. The number of rotatable bonds is 7. The van der Waals surface area contributed by atoms with Crippen LogP contribution >= 0.6 is 0 Å². The van der Waals surface area contributed by atoms with Crippen molar-refractivity contribution in [2.24, 2.45) is 0 Å². The van der Waals surface area contributed by atoms with Gasteiger partial charge in [0.25, 0.3) is 0 Å². The third kappa shape index (κ3) is 5.66. The van der Waals surface area contributed by atoms with Crippen molar-refractivity contribution in [1.82, 2.24) is 0 Å². The van der Waals surface area contributed by atoms with Crippen LogP contribution in [0, 0.1) is 0 Å². The molecule has 3 nitrogen and oxygen atoms in total. The number of para-hydroxylation sites is 2. The van der Waals surface area contributed by atoms with Gasteiger partial charge in [-0.1, -0.05) is 135 Å². The van der Waals surface area contributed by atoms with E-state index in [9.17, 15) is 0 Å². The minimum atomic E-state index is -0.124. The van der Waals surface area contributed by atoms with Crippen molar-refractivity contribution >= 4 is 61.1 Å². The van der Waals surface area contributed by atoms with Gasteiger partial charge in [0, 0.05) is 50.2 Å². The first-order valence-electron chi connectivity index (χ1n) is 20.0. The minimum Gasteiger partial charge on any atom is -0.456 e. The van der Waals surface area contributed by atoms with Gasteiger partial charge in [-0.3, -0.25) is 0 Å². The van der Waals surface area contributed by atoms with Crippen molar-refractivity contribution in [1.29, 1.82) is 0 Å². The molecule has 276 valence electrons. The Balaban J connectivity index is 0.910.